The van der Waals surface area contributed by atoms with E-state index < -0.39 is 5.97 Å². The molecule has 0 saturated heterocycles. The highest BCUT2D eigenvalue weighted by atomic mass is 35.5. The van der Waals surface area contributed by atoms with Crippen LogP contribution in [0.5, 0.6) is 0 Å². The molecule has 0 spiro atoms. The van der Waals surface area contributed by atoms with Crippen LogP contribution in [-0.2, 0) is 11.3 Å². The molecule has 0 aliphatic heterocycles. The first-order valence-electron chi connectivity index (χ1n) is 5.80. The summed E-state index contributed by atoms with van der Waals surface area (Å²) in [7, 11) is 1.32. The number of amides is 1. The maximum absolute atomic E-state index is 11.8. The molecule has 20 heavy (non-hydrogen) atoms. The Morgan fingerprint density at radius 3 is 2.50 bits per heavy atom. The SMILES string of the molecule is COC(=O)c1ccc(CNC(=O)c2ccoc2Cl)cc1. The maximum Gasteiger partial charge on any atom is 0.337 e. The van der Waals surface area contributed by atoms with Crippen LogP contribution in [0.2, 0.25) is 5.22 Å². The van der Waals surface area contributed by atoms with Crippen molar-refractivity contribution in [3.63, 3.8) is 0 Å². The van der Waals surface area contributed by atoms with Crippen molar-refractivity contribution in [3.8, 4) is 0 Å². The van der Waals surface area contributed by atoms with Gasteiger partial charge in [-0.3, -0.25) is 4.79 Å². The molecule has 5 nitrogen and oxygen atoms in total. The molecule has 1 aromatic heterocycles. The van der Waals surface area contributed by atoms with Crippen LogP contribution < -0.4 is 5.32 Å². The van der Waals surface area contributed by atoms with E-state index in [1.807, 2.05) is 0 Å². The lowest BCUT2D eigenvalue weighted by atomic mass is 10.1. The molecule has 2 rings (SSSR count). The zero-order valence-electron chi connectivity index (χ0n) is 10.7. The number of carbonyl (C=O) groups is 2. The fraction of sp³-hybridized carbons (Fsp3) is 0.143. The zero-order chi connectivity index (χ0) is 14.5. The Bertz CT molecular complexity index is 618. The summed E-state index contributed by atoms with van der Waals surface area (Å²) in [5.41, 5.74) is 1.60. The molecule has 0 aliphatic rings. The van der Waals surface area contributed by atoms with Crippen molar-refractivity contribution in [1.29, 1.82) is 0 Å². The van der Waals surface area contributed by atoms with Crippen molar-refractivity contribution in [3.05, 3.63) is 58.5 Å². The van der Waals surface area contributed by atoms with E-state index in [9.17, 15) is 9.59 Å². The number of ether oxygens (including phenoxy) is 1. The van der Waals surface area contributed by atoms with Crippen LogP contribution in [0.15, 0.2) is 41.0 Å². The molecular weight excluding hydrogens is 282 g/mol. The molecule has 0 unspecified atom stereocenters. The Morgan fingerprint density at radius 1 is 1.25 bits per heavy atom. The molecule has 0 fully saturated rings. The van der Waals surface area contributed by atoms with Crippen LogP contribution in [-0.4, -0.2) is 19.0 Å². The van der Waals surface area contributed by atoms with E-state index in [1.165, 1.54) is 19.4 Å². The second kappa shape index (κ2) is 6.25. The summed E-state index contributed by atoms with van der Waals surface area (Å²) in [4.78, 5) is 23.1. The Kier molecular flexibility index (Phi) is 4.42. The third-order valence-electron chi connectivity index (χ3n) is 2.69. The fourth-order valence-corrected chi connectivity index (χ4v) is 1.81. The van der Waals surface area contributed by atoms with Crippen molar-refractivity contribution in [2.45, 2.75) is 6.54 Å². The number of hydrogen-bond acceptors (Lipinski definition) is 4. The number of halogens is 1. The van der Waals surface area contributed by atoms with Gasteiger partial charge >= 0.3 is 5.97 Å². The van der Waals surface area contributed by atoms with Crippen molar-refractivity contribution < 1.29 is 18.7 Å². The van der Waals surface area contributed by atoms with Crippen molar-refractivity contribution in [1.82, 2.24) is 5.32 Å². The highest BCUT2D eigenvalue weighted by Crippen LogP contribution is 2.16. The van der Waals surface area contributed by atoms with E-state index in [0.717, 1.165) is 5.56 Å². The Labute approximate surface area is 120 Å². The van der Waals surface area contributed by atoms with Crippen LogP contribution in [0.1, 0.15) is 26.3 Å². The summed E-state index contributed by atoms with van der Waals surface area (Å²) in [6.07, 6.45) is 1.35. The average molecular weight is 294 g/mol. The molecule has 1 heterocycles. The van der Waals surface area contributed by atoms with E-state index in [1.54, 1.807) is 24.3 Å². The number of methoxy groups -OCH3 is 1. The first kappa shape index (κ1) is 14.1. The number of furan rings is 1. The van der Waals surface area contributed by atoms with E-state index in [2.05, 4.69) is 10.1 Å². The molecule has 0 radical (unpaired) electrons. The number of esters is 1. The fourth-order valence-electron chi connectivity index (χ4n) is 1.61. The third kappa shape index (κ3) is 3.19. The van der Waals surface area contributed by atoms with E-state index in [0.29, 0.717) is 12.1 Å². The molecule has 2 aromatic rings. The molecule has 0 atom stereocenters. The summed E-state index contributed by atoms with van der Waals surface area (Å²) in [5, 5.41) is 2.76. The second-order valence-electron chi connectivity index (χ2n) is 3.98. The monoisotopic (exact) mass is 293 g/mol. The van der Waals surface area contributed by atoms with Crippen LogP contribution in [0, 0.1) is 0 Å². The van der Waals surface area contributed by atoms with Crippen LogP contribution in [0.3, 0.4) is 0 Å². The summed E-state index contributed by atoms with van der Waals surface area (Å²) < 4.78 is 9.45. The van der Waals surface area contributed by atoms with Crippen LogP contribution in [0.25, 0.3) is 0 Å². The number of benzene rings is 1. The lowest BCUT2D eigenvalue weighted by molar-refractivity contribution is 0.0600. The predicted octanol–water partition coefficient (Wildman–Crippen LogP) is 2.65. The van der Waals surface area contributed by atoms with Gasteiger partial charge in [-0.15, -0.1) is 0 Å². The van der Waals surface area contributed by atoms with Gasteiger partial charge in [-0.1, -0.05) is 12.1 Å². The van der Waals surface area contributed by atoms with E-state index in [4.69, 9.17) is 16.0 Å². The minimum absolute atomic E-state index is 0.0588. The second-order valence-corrected chi connectivity index (χ2v) is 4.32. The minimum atomic E-state index is -0.397. The number of rotatable bonds is 4. The first-order chi connectivity index (χ1) is 9.61. The smallest absolute Gasteiger partial charge is 0.337 e. The van der Waals surface area contributed by atoms with Crippen molar-refractivity contribution in [2.75, 3.05) is 7.11 Å². The van der Waals surface area contributed by atoms with Crippen LogP contribution >= 0.6 is 11.6 Å². The zero-order valence-corrected chi connectivity index (χ0v) is 11.4. The molecule has 104 valence electrons. The largest absolute Gasteiger partial charge is 0.465 e. The normalized spacial score (nSPS) is 10.1. The van der Waals surface area contributed by atoms with Gasteiger partial charge in [0, 0.05) is 6.54 Å². The molecule has 0 saturated carbocycles. The lowest BCUT2D eigenvalue weighted by Crippen LogP contribution is -2.22. The quantitative estimate of drug-likeness (QED) is 0.880. The molecule has 1 aromatic carbocycles. The number of carbonyl (C=O) groups excluding carboxylic acids is 2. The van der Waals surface area contributed by atoms with Crippen molar-refractivity contribution >= 4 is 23.5 Å². The van der Waals surface area contributed by atoms with Gasteiger partial charge in [0.15, 0.2) is 0 Å². The van der Waals surface area contributed by atoms with Crippen molar-refractivity contribution in [2.24, 2.45) is 0 Å². The Balaban J connectivity index is 1.96. The summed E-state index contributed by atoms with van der Waals surface area (Å²) in [5.74, 6) is -0.716. The standard InChI is InChI=1S/C14H12ClNO4/c1-19-14(18)10-4-2-9(3-5-10)8-16-13(17)11-6-7-20-12(11)15/h2-7H,8H2,1H3,(H,16,17). The average Bonchev–Trinajstić information content (AvgIpc) is 2.90. The summed E-state index contributed by atoms with van der Waals surface area (Å²) in [6, 6.07) is 8.25. The molecule has 6 heteroatoms. The highest BCUT2D eigenvalue weighted by molar-refractivity contribution is 6.32. The van der Waals surface area contributed by atoms with Gasteiger partial charge in [0.2, 0.25) is 5.22 Å². The number of hydrogen-bond donors (Lipinski definition) is 1. The van der Waals surface area contributed by atoms with E-state index in [-0.39, 0.29) is 16.7 Å². The topological polar surface area (TPSA) is 68.5 Å². The molecule has 0 bridgehead atoms. The van der Waals surface area contributed by atoms with Gasteiger partial charge in [-0.25, -0.2) is 4.79 Å². The lowest BCUT2D eigenvalue weighted by Gasteiger charge is -2.05. The highest BCUT2D eigenvalue weighted by Gasteiger charge is 2.12. The van der Waals surface area contributed by atoms with Gasteiger partial charge in [0.05, 0.1) is 24.5 Å². The minimum Gasteiger partial charge on any atom is -0.465 e. The maximum atomic E-state index is 11.8. The van der Waals surface area contributed by atoms with Gasteiger partial charge in [-0.2, -0.15) is 0 Å². The Morgan fingerprint density at radius 2 is 1.95 bits per heavy atom. The van der Waals surface area contributed by atoms with E-state index >= 15 is 0 Å². The number of nitrogens with one attached hydrogen (secondary N) is 1. The van der Waals surface area contributed by atoms with Gasteiger partial charge in [-0.05, 0) is 35.4 Å². The molecular formula is C14H12ClNO4. The summed E-state index contributed by atoms with van der Waals surface area (Å²) in [6.45, 7) is 0.321. The van der Waals surface area contributed by atoms with Gasteiger partial charge in [0.25, 0.3) is 5.91 Å². The Hall–Kier alpha value is -2.27. The predicted molar refractivity (Wildman–Crippen MR) is 72.7 cm³/mol. The molecule has 0 aliphatic carbocycles. The molecule has 1 N–H and O–H groups in total. The third-order valence-corrected chi connectivity index (χ3v) is 2.98. The van der Waals surface area contributed by atoms with Gasteiger partial charge in [0.1, 0.15) is 0 Å². The van der Waals surface area contributed by atoms with Gasteiger partial charge < -0.3 is 14.5 Å². The summed E-state index contributed by atoms with van der Waals surface area (Å²) >= 11 is 5.71. The molecule has 1 amide bonds. The first-order valence-corrected chi connectivity index (χ1v) is 6.18. The van der Waals surface area contributed by atoms with Crippen LogP contribution in [0.4, 0.5) is 0 Å².